The molecule has 0 atom stereocenters. The van der Waals surface area contributed by atoms with Gasteiger partial charge in [-0.3, -0.25) is 4.79 Å². The maximum atomic E-state index is 12.4. The number of nitrogens with one attached hydrogen (secondary N) is 1. The highest BCUT2D eigenvalue weighted by molar-refractivity contribution is 6.30. The molecule has 0 aliphatic carbocycles. The molecule has 1 amide bonds. The number of carbonyl (C=O) groups is 1. The van der Waals surface area contributed by atoms with Gasteiger partial charge in [0.25, 0.3) is 5.91 Å². The Morgan fingerprint density at radius 1 is 1.08 bits per heavy atom. The summed E-state index contributed by atoms with van der Waals surface area (Å²) in [5, 5.41) is 11.7. The summed E-state index contributed by atoms with van der Waals surface area (Å²) >= 11 is 5.94. The van der Waals surface area contributed by atoms with Gasteiger partial charge >= 0.3 is 0 Å². The number of carbonyl (C=O) groups excluding carboxylic acids is 1. The van der Waals surface area contributed by atoms with Crippen LogP contribution in [0.5, 0.6) is 0 Å². The lowest BCUT2D eigenvalue weighted by molar-refractivity contribution is 0.102. The molecule has 0 aliphatic rings. The van der Waals surface area contributed by atoms with Crippen LogP contribution in [0.4, 0.5) is 11.5 Å². The van der Waals surface area contributed by atoms with Crippen LogP contribution in [0.3, 0.4) is 0 Å². The third-order valence-electron chi connectivity index (χ3n) is 3.97. The smallest absolute Gasteiger partial charge is 0.276 e. The number of halogens is 1. The molecule has 0 spiro atoms. The summed E-state index contributed by atoms with van der Waals surface area (Å²) in [5.41, 5.74) is 3.03. The number of hydrogen-bond donors (Lipinski definition) is 1. The number of hydrogen-bond acceptors (Lipinski definition) is 4. The first-order valence-corrected chi connectivity index (χ1v) is 8.57. The molecular weight excluding hydrogens is 348 g/mol. The predicted octanol–water partition coefficient (Wildman–Crippen LogP) is 4.33. The van der Waals surface area contributed by atoms with Gasteiger partial charge in [-0.15, -0.1) is 10.2 Å². The molecule has 132 valence electrons. The van der Waals surface area contributed by atoms with Gasteiger partial charge in [0.05, 0.1) is 0 Å². The average molecular weight is 367 g/mol. The second-order valence-electron chi connectivity index (χ2n) is 6.03. The molecule has 6 heteroatoms. The summed E-state index contributed by atoms with van der Waals surface area (Å²) in [6.07, 6.45) is 0. The molecule has 3 aromatic rings. The summed E-state index contributed by atoms with van der Waals surface area (Å²) in [5.74, 6) is 0.397. The van der Waals surface area contributed by atoms with Crippen molar-refractivity contribution < 1.29 is 4.79 Å². The molecule has 5 nitrogen and oxygen atoms in total. The predicted molar refractivity (Wildman–Crippen MR) is 105 cm³/mol. The number of benzene rings is 2. The van der Waals surface area contributed by atoms with Crippen LogP contribution in [0.15, 0.2) is 60.7 Å². The average Bonchev–Trinajstić information content (AvgIpc) is 2.65. The van der Waals surface area contributed by atoms with Crippen molar-refractivity contribution in [2.45, 2.75) is 13.5 Å². The lowest BCUT2D eigenvalue weighted by Crippen LogP contribution is -2.20. The fourth-order valence-corrected chi connectivity index (χ4v) is 2.77. The van der Waals surface area contributed by atoms with Crippen molar-refractivity contribution >= 4 is 29.0 Å². The van der Waals surface area contributed by atoms with E-state index in [1.54, 1.807) is 30.3 Å². The van der Waals surface area contributed by atoms with Crippen LogP contribution in [0.1, 0.15) is 21.6 Å². The van der Waals surface area contributed by atoms with Crippen LogP contribution in [-0.4, -0.2) is 23.2 Å². The number of amides is 1. The van der Waals surface area contributed by atoms with Crippen LogP contribution in [0, 0.1) is 6.92 Å². The first kappa shape index (κ1) is 17.9. The van der Waals surface area contributed by atoms with Crippen molar-refractivity contribution in [3.8, 4) is 0 Å². The molecule has 0 saturated heterocycles. The monoisotopic (exact) mass is 366 g/mol. The first-order chi connectivity index (χ1) is 12.5. The fraction of sp³-hybridized carbons (Fsp3) is 0.150. The van der Waals surface area contributed by atoms with E-state index < -0.39 is 0 Å². The van der Waals surface area contributed by atoms with Crippen LogP contribution < -0.4 is 10.2 Å². The molecule has 3 rings (SSSR count). The Morgan fingerprint density at radius 3 is 2.50 bits per heavy atom. The second kappa shape index (κ2) is 7.97. The summed E-state index contributed by atoms with van der Waals surface area (Å²) in [7, 11) is 1.94. The lowest BCUT2D eigenvalue weighted by Gasteiger charge is -2.17. The van der Waals surface area contributed by atoms with Crippen LogP contribution in [-0.2, 0) is 6.54 Å². The molecule has 0 bridgehead atoms. The van der Waals surface area contributed by atoms with Gasteiger partial charge in [0, 0.05) is 24.3 Å². The zero-order chi connectivity index (χ0) is 18.5. The SMILES string of the molecule is Cc1cc(Cl)ccc1NC(=O)c1ccc(N(C)Cc2ccccc2)nn1. The summed E-state index contributed by atoms with van der Waals surface area (Å²) < 4.78 is 0. The van der Waals surface area contributed by atoms with E-state index in [2.05, 4.69) is 27.6 Å². The van der Waals surface area contributed by atoms with Gasteiger partial charge in [-0.1, -0.05) is 41.9 Å². The molecular formula is C20H19ClN4O. The zero-order valence-electron chi connectivity index (χ0n) is 14.6. The number of anilines is 2. The normalized spacial score (nSPS) is 10.4. The largest absolute Gasteiger partial charge is 0.354 e. The molecule has 2 aromatic carbocycles. The topological polar surface area (TPSA) is 58.1 Å². The summed E-state index contributed by atoms with van der Waals surface area (Å²) in [6, 6.07) is 18.9. The van der Waals surface area contributed by atoms with E-state index in [0.29, 0.717) is 23.1 Å². The molecule has 0 aliphatic heterocycles. The van der Waals surface area contributed by atoms with Crippen molar-refractivity contribution in [1.29, 1.82) is 0 Å². The Kier molecular flexibility index (Phi) is 5.49. The minimum Gasteiger partial charge on any atom is -0.354 e. The van der Waals surface area contributed by atoms with Gasteiger partial charge in [-0.25, -0.2) is 0 Å². The Balaban J connectivity index is 1.67. The van der Waals surface area contributed by atoms with Crippen LogP contribution >= 0.6 is 11.6 Å². The van der Waals surface area contributed by atoms with Crippen molar-refractivity contribution in [2.75, 3.05) is 17.3 Å². The highest BCUT2D eigenvalue weighted by Gasteiger charge is 2.12. The quantitative estimate of drug-likeness (QED) is 0.730. The molecule has 26 heavy (non-hydrogen) atoms. The molecule has 0 saturated carbocycles. The molecule has 0 radical (unpaired) electrons. The molecule has 1 aromatic heterocycles. The van der Waals surface area contributed by atoms with Gasteiger partial charge in [0.1, 0.15) is 0 Å². The maximum absolute atomic E-state index is 12.4. The van der Waals surface area contributed by atoms with E-state index in [-0.39, 0.29) is 11.6 Å². The second-order valence-corrected chi connectivity index (χ2v) is 6.47. The van der Waals surface area contributed by atoms with Gasteiger partial charge < -0.3 is 10.2 Å². The highest BCUT2D eigenvalue weighted by atomic mass is 35.5. The Morgan fingerprint density at radius 2 is 1.85 bits per heavy atom. The lowest BCUT2D eigenvalue weighted by atomic mass is 10.2. The van der Waals surface area contributed by atoms with E-state index in [1.807, 2.05) is 37.1 Å². The van der Waals surface area contributed by atoms with Gasteiger partial charge in [0.2, 0.25) is 0 Å². The standard InChI is InChI=1S/C20H19ClN4O/c1-14-12-16(21)8-9-17(14)22-20(26)18-10-11-19(24-23-18)25(2)13-15-6-4-3-5-7-15/h3-12H,13H2,1-2H3,(H,22,26). The molecule has 1 N–H and O–H groups in total. The van der Waals surface area contributed by atoms with E-state index in [0.717, 1.165) is 5.56 Å². The summed E-state index contributed by atoms with van der Waals surface area (Å²) in [6.45, 7) is 2.60. The zero-order valence-corrected chi connectivity index (χ0v) is 15.4. The number of nitrogens with zero attached hydrogens (tertiary/aromatic N) is 3. The van der Waals surface area contributed by atoms with Gasteiger partial charge in [0.15, 0.2) is 11.5 Å². The van der Waals surface area contributed by atoms with Crippen molar-refractivity contribution in [2.24, 2.45) is 0 Å². The maximum Gasteiger partial charge on any atom is 0.276 e. The van der Waals surface area contributed by atoms with Gasteiger partial charge in [-0.2, -0.15) is 0 Å². The number of rotatable bonds is 5. The molecule has 1 heterocycles. The van der Waals surface area contributed by atoms with Crippen LogP contribution in [0.2, 0.25) is 5.02 Å². The molecule has 0 unspecified atom stereocenters. The number of aromatic nitrogens is 2. The Bertz CT molecular complexity index is 897. The van der Waals surface area contributed by atoms with E-state index in [1.165, 1.54) is 5.56 Å². The Hall–Kier alpha value is -2.92. The first-order valence-electron chi connectivity index (χ1n) is 8.19. The minimum absolute atomic E-state index is 0.260. The highest BCUT2D eigenvalue weighted by Crippen LogP contribution is 2.20. The van der Waals surface area contributed by atoms with Crippen molar-refractivity contribution in [1.82, 2.24) is 10.2 Å². The fourth-order valence-electron chi connectivity index (χ4n) is 2.54. The van der Waals surface area contributed by atoms with Gasteiger partial charge in [-0.05, 0) is 48.4 Å². The number of aryl methyl sites for hydroxylation is 1. The third-order valence-corrected chi connectivity index (χ3v) is 4.21. The van der Waals surface area contributed by atoms with Crippen molar-refractivity contribution in [3.63, 3.8) is 0 Å². The summed E-state index contributed by atoms with van der Waals surface area (Å²) in [4.78, 5) is 14.3. The van der Waals surface area contributed by atoms with Crippen molar-refractivity contribution in [3.05, 3.63) is 82.5 Å². The van der Waals surface area contributed by atoms with E-state index in [9.17, 15) is 4.79 Å². The third kappa shape index (κ3) is 4.37. The molecule has 0 fully saturated rings. The Labute approximate surface area is 157 Å². The van der Waals surface area contributed by atoms with Crippen LogP contribution in [0.25, 0.3) is 0 Å². The minimum atomic E-state index is -0.305. The van der Waals surface area contributed by atoms with E-state index >= 15 is 0 Å². The van der Waals surface area contributed by atoms with E-state index in [4.69, 9.17) is 11.6 Å².